The highest BCUT2D eigenvalue weighted by Gasteiger charge is 2.25. The van der Waals surface area contributed by atoms with Gasteiger partial charge in [-0.1, -0.05) is 12.1 Å². The van der Waals surface area contributed by atoms with Crippen LogP contribution in [0.2, 0.25) is 0 Å². The summed E-state index contributed by atoms with van der Waals surface area (Å²) in [5.74, 6) is 1.48. The molecule has 1 atom stereocenters. The minimum absolute atomic E-state index is 0.117. The highest BCUT2D eigenvalue weighted by molar-refractivity contribution is 5.96. The number of nitrogens with one attached hydrogen (secondary N) is 2. The molecule has 2 heterocycles. The van der Waals surface area contributed by atoms with E-state index in [-0.39, 0.29) is 17.9 Å². The summed E-state index contributed by atoms with van der Waals surface area (Å²) < 4.78 is 11.7. The van der Waals surface area contributed by atoms with Gasteiger partial charge in [0.2, 0.25) is 11.9 Å². The summed E-state index contributed by atoms with van der Waals surface area (Å²) in [6.45, 7) is 4.40. The first-order chi connectivity index (χ1) is 16.9. The number of amides is 1. The Labute approximate surface area is 205 Å². The number of carbonyl (C=O) groups is 1. The van der Waals surface area contributed by atoms with E-state index in [1.807, 2.05) is 56.3 Å². The molecule has 9 heteroatoms. The highest BCUT2D eigenvalue weighted by Crippen LogP contribution is 2.31. The van der Waals surface area contributed by atoms with Gasteiger partial charge in [-0.05, 0) is 68.9 Å². The van der Waals surface area contributed by atoms with E-state index in [1.165, 1.54) is 5.56 Å². The first-order valence-corrected chi connectivity index (χ1v) is 11.7. The fraction of sp³-hybridized carbons (Fsp3) is 0.346. The standard InChI is InChI=1S/C26H32N6O3/c1-4-34-20-7-5-18-16-29-23(14-19(18)13-20)25(33)30-22-8-6-17(21-9-10-28-26(27)31-21)15-24(22)35-12-11-32(2)3/h5-10,13,15,23,29H,4,11-12,14,16H2,1-3H3,(H,30,33)(H2,27,28,31). The first kappa shape index (κ1) is 24.4. The van der Waals surface area contributed by atoms with E-state index in [0.29, 0.717) is 43.3 Å². The molecule has 9 nitrogen and oxygen atoms in total. The quantitative estimate of drug-likeness (QED) is 0.432. The Kier molecular flexibility index (Phi) is 7.79. The van der Waals surface area contributed by atoms with Crippen LogP contribution in [0, 0.1) is 0 Å². The summed E-state index contributed by atoms with van der Waals surface area (Å²) in [7, 11) is 3.96. The summed E-state index contributed by atoms with van der Waals surface area (Å²) in [5, 5.41) is 6.39. The van der Waals surface area contributed by atoms with Crippen molar-refractivity contribution in [1.29, 1.82) is 0 Å². The van der Waals surface area contributed by atoms with E-state index < -0.39 is 0 Å². The van der Waals surface area contributed by atoms with Crippen LogP contribution in [0.15, 0.2) is 48.7 Å². The molecule has 1 amide bonds. The monoisotopic (exact) mass is 476 g/mol. The van der Waals surface area contributed by atoms with E-state index in [2.05, 4.69) is 26.7 Å². The summed E-state index contributed by atoms with van der Waals surface area (Å²) in [4.78, 5) is 23.5. The third kappa shape index (κ3) is 6.26. The van der Waals surface area contributed by atoms with Crippen LogP contribution in [0.5, 0.6) is 11.5 Å². The van der Waals surface area contributed by atoms with E-state index in [9.17, 15) is 4.79 Å². The van der Waals surface area contributed by atoms with Crippen LogP contribution in [0.25, 0.3) is 11.3 Å². The molecule has 0 aliphatic carbocycles. The van der Waals surface area contributed by atoms with E-state index in [4.69, 9.17) is 15.2 Å². The van der Waals surface area contributed by atoms with Gasteiger partial charge < -0.3 is 30.7 Å². The predicted molar refractivity (Wildman–Crippen MR) is 137 cm³/mol. The van der Waals surface area contributed by atoms with Crippen LogP contribution in [0.3, 0.4) is 0 Å². The maximum absolute atomic E-state index is 13.2. The van der Waals surface area contributed by atoms with Crippen molar-refractivity contribution in [3.05, 3.63) is 59.8 Å². The molecular weight excluding hydrogens is 444 g/mol. The highest BCUT2D eigenvalue weighted by atomic mass is 16.5. The van der Waals surface area contributed by atoms with Gasteiger partial charge in [0.05, 0.1) is 24.0 Å². The van der Waals surface area contributed by atoms with Crippen molar-refractivity contribution >= 4 is 17.5 Å². The summed E-state index contributed by atoms with van der Waals surface area (Å²) in [6.07, 6.45) is 2.20. The van der Waals surface area contributed by atoms with Crippen molar-refractivity contribution in [1.82, 2.24) is 20.2 Å². The second kappa shape index (κ2) is 11.2. The number of fused-ring (bicyclic) bond motifs is 1. The number of carbonyl (C=O) groups excluding carboxylic acids is 1. The number of likely N-dealkylation sites (N-methyl/N-ethyl adjacent to an activating group) is 1. The number of rotatable bonds is 9. The van der Waals surface area contributed by atoms with Gasteiger partial charge in [-0.25, -0.2) is 9.97 Å². The number of ether oxygens (including phenoxy) is 2. The molecule has 0 radical (unpaired) electrons. The minimum atomic E-state index is -0.365. The Morgan fingerprint density at radius 3 is 2.80 bits per heavy atom. The molecule has 184 valence electrons. The Morgan fingerprint density at radius 1 is 1.17 bits per heavy atom. The Bertz CT molecular complexity index is 1180. The zero-order chi connectivity index (χ0) is 24.8. The zero-order valence-corrected chi connectivity index (χ0v) is 20.4. The van der Waals surface area contributed by atoms with Gasteiger partial charge in [-0.15, -0.1) is 0 Å². The lowest BCUT2D eigenvalue weighted by atomic mass is 9.95. The zero-order valence-electron chi connectivity index (χ0n) is 20.4. The third-order valence-corrected chi connectivity index (χ3v) is 5.77. The summed E-state index contributed by atoms with van der Waals surface area (Å²) in [6, 6.07) is 13.0. The molecule has 1 aliphatic rings. The predicted octanol–water partition coefficient (Wildman–Crippen LogP) is 2.72. The average molecular weight is 477 g/mol. The largest absolute Gasteiger partial charge is 0.494 e. The van der Waals surface area contributed by atoms with Crippen molar-refractivity contribution in [2.45, 2.75) is 25.9 Å². The summed E-state index contributed by atoms with van der Waals surface area (Å²) in [5.41, 5.74) is 10.2. The molecule has 2 aromatic carbocycles. The molecule has 0 fully saturated rings. The lowest BCUT2D eigenvalue weighted by molar-refractivity contribution is -0.118. The van der Waals surface area contributed by atoms with Crippen LogP contribution >= 0.6 is 0 Å². The molecule has 0 bridgehead atoms. The number of anilines is 2. The van der Waals surface area contributed by atoms with Gasteiger partial charge in [0, 0.05) is 24.8 Å². The van der Waals surface area contributed by atoms with Gasteiger partial charge in [0.25, 0.3) is 0 Å². The molecule has 1 unspecified atom stereocenters. The lowest BCUT2D eigenvalue weighted by Gasteiger charge is -2.26. The second-order valence-electron chi connectivity index (χ2n) is 8.65. The number of hydrogen-bond acceptors (Lipinski definition) is 8. The normalized spacial score (nSPS) is 14.9. The van der Waals surface area contributed by atoms with E-state index in [1.54, 1.807) is 12.3 Å². The molecule has 1 aromatic heterocycles. The van der Waals surface area contributed by atoms with Crippen molar-refractivity contribution in [3.8, 4) is 22.8 Å². The van der Waals surface area contributed by atoms with Crippen molar-refractivity contribution in [2.24, 2.45) is 0 Å². The topological polar surface area (TPSA) is 115 Å². The number of nitrogens with two attached hydrogens (primary N) is 1. The van der Waals surface area contributed by atoms with E-state index >= 15 is 0 Å². The van der Waals surface area contributed by atoms with Crippen molar-refractivity contribution < 1.29 is 14.3 Å². The Morgan fingerprint density at radius 2 is 2.03 bits per heavy atom. The van der Waals surface area contributed by atoms with Crippen LogP contribution in [-0.4, -0.2) is 60.7 Å². The van der Waals surface area contributed by atoms with Gasteiger partial charge in [0.15, 0.2) is 0 Å². The van der Waals surface area contributed by atoms with Crippen molar-refractivity contribution in [2.75, 3.05) is 44.9 Å². The fourth-order valence-corrected chi connectivity index (χ4v) is 3.93. The maximum Gasteiger partial charge on any atom is 0.241 e. The Hall–Kier alpha value is -3.69. The van der Waals surface area contributed by atoms with Gasteiger partial charge >= 0.3 is 0 Å². The summed E-state index contributed by atoms with van der Waals surface area (Å²) >= 11 is 0. The second-order valence-corrected chi connectivity index (χ2v) is 8.65. The average Bonchev–Trinajstić information content (AvgIpc) is 2.84. The van der Waals surface area contributed by atoms with E-state index in [0.717, 1.165) is 23.4 Å². The lowest BCUT2D eigenvalue weighted by Crippen LogP contribution is -2.44. The maximum atomic E-state index is 13.2. The number of benzene rings is 2. The van der Waals surface area contributed by atoms with Crippen LogP contribution in [0.1, 0.15) is 18.1 Å². The smallest absolute Gasteiger partial charge is 0.241 e. The fourth-order valence-electron chi connectivity index (χ4n) is 3.93. The molecule has 4 N–H and O–H groups in total. The molecule has 0 saturated carbocycles. The number of nitrogens with zero attached hydrogens (tertiary/aromatic N) is 3. The molecule has 35 heavy (non-hydrogen) atoms. The Balaban J connectivity index is 1.53. The molecule has 0 saturated heterocycles. The SMILES string of the molecule is CCOc1ccc2c(c1)CC(C(=O)Nc1ccc(-c3ccnc(N)n3)cc1OCCN(C)C)NC2. The van der Waals surface area contributed by atoms with Crippen LogP contribution in [0.4, 0.5) is 11.6 Å². The molecule has 4 rings (SSSR count). The van der Waals surface area contributed by atoms with Gasteiger partial charge in [-0.3, -0.25) is 4.79 Å². The van der Waals surface area contributed by atoms with Crippen LogP contribution in [-0.2, 0) is 17.8 Å². The molecule has 1 aliphatic heterocycles. The molecule has 0 spiro atoms. The van der Waals surface area contributed by atoms with Crippen molar-refractivity contribution in [3.63, 3.8) is 0 Å². The molecule has 3 aromatic rings. The van der Waals surface area contributed by atoms with Gasteiger partial charge in [-0.2, -0.15) is 0 Å². The van der Waals surface area contributed by atoms with Crippen LogP contribution < -0.4 is 25.8 Å². The first-order valence-electron chi connectivity index (χ1n) is 11.7. The van der Waals surface area contributed by atoms with Gasteiger partial charge in [0.1, 0.15) is 18.1 Å². The number of hydrogen-bond donors (Lipinski definition) is 3. The number of aromatic nitrogens is 2. The number of nitrogen functional groups attached to an aromatic ring is 1. The third-order valence-electron chi connectivity index (χ3n) is 5.77. The molecular formula is C26H32N6O3. The minimum Gasteiger partial charge on any atom is -0.494 e.